The molecule has 1 atom stereocenters. The molecule has 0 amide bonds. The molecule has 0 aliphatic heterocycles. The quantitative estimate of drug-likeness (QED) is 0.454. The molecule has 0 bridgehead atoms. The van der Waals surface area contributed by atoms with E-state index in [1.165, 1.54) is 5.56 Å². The second kappa shape index (κ2) is 9.13. The van der Waals surface area contributed by atoms with Crippen LogP contribution in [-0.2, 0) is 20.8 Å². The number of rotatable bonds is 8. The second-order valence-corrected chi connectivity index (χ2v) is 4.97. The summed E-state index contributed by atoms with van der Waals surface area (Å²) in [6, 6.07) is 10.2. The first-order valence-corrected chi connectivity index (χ1v) is 7.13. The van der Waals surface area contributed by atoms with Crippen molar-refractivity contribution in [2.75, 3.05) is 20.3 Å². The van der Waals surface area contributed by atoms with Crippen LogP contribution in [0.3, 0.4) is 0 Å². The van der Waals surface area contributed by atoms with Crippen molar-refractivity contribution >= 4 is 11.9 Å². The smallest absolute Gasteiger partial charge is 0.315 e. The fourth-order valence-electron chi connectivity index (χ4n) is 1.78. The third-order valence-corrected chi connectivity index (χ3v) is 3.14. The lowest BCUT2D eigenvalue weighted by Gasteiger charge is -2.24. The molecule has 21 heavy (non-hydrogen) atoms. The Balaban J connectivity index is 2.30. The minimum Gasteiger partial charge on any atom is -0.481 e. The predicted octanol–water partition coefficient (Wildman–Crippen LogP) is 2.45. The van der Waals surface area contributed by atoms with Crippen LogP contribution in [0.25, 0.3) is 0 Å². The van der Waals surface area contributed by atoms with E-state index in [2.05, 4.69) is 17.0 Å². The highest BCUT2D eigenvalue weighted by Crippen LogP contribution is 2.06. The molecule has 1 aromatic carbocycles. The van der Waals surface area contributed by atoms with Crippen molar-refractivity contribution in [3.05, 3.63) is 35.9 Å². The molecule has 1 N–H and O–H groups in total. The molecule has 0 radical (unpaired) electrons. The summed E-state index contributed by atoms with van der Waals surface area (Å²) >= 11 is 0. The monoisotopic (exact) mass is 292 g/mol. The number of nitrogens with one attached hydrogen (secondary N) is 1. The largest absolute Gasteiger partial charge is 0.481 e. The maximum absolute atomic E-state index is 11.6. The number of nitrogens with zero attached hydrogens (tertiary/aromatic N) is 1. The predicted molar refractivity (Wildman–Crippen MR) is 82.3 cm³/mol. The summed E-state index contributed by atoms with van der Waals surface area (Å²) in [5, 5.41) is 7.40. The van der Waals surface area contributed by atoms with Gasteiger partial charge in [-0.1, -0.05) is 30.3 Å². The minimum absolute atomic E-state index is 0.0483. The zero-order valence-electron chi connectivity index (χ0n) is 13.0. The van der Waals surface area contributed by atoms with Crippen LogP contribution in [0.1, 0.15) is 25.8 Å². The third-order valence-electron chi connectivity index (χ3n) is 3.14. The van der Waals surface area contributed by atoms with Gasteiger partial charge in [0, 0.05) is 12.6 Å². The highest BCUT2D eigenvalue weighted by Gasteiger charge is 2.14. The van der Waals surface area contributed by atoms with Crippen LogP contribution in [0.15, 0.2) is 30.3 Å². The van der Waals surface area contributed by atoms with E-state index in [0.717, 1.165) is 6.54 Å². The molecule has 0 aromatic heterocycles. The minimum atomic E-state index is -0.423. The molecule has 0 saturated carbocycles. The molecule has 0 aliphatic carbocycles. The Morgan fingerprint density at radius 3 is 2.57 bits per heavy atom. The topological polar surface area (TPSA) is 62.6 Å². The van der Waals surface area contributed by atoms with Gasteiger partial charge in [0.25, 0.3) is 0 Å². The lowest BCUT2D eigenvalue weighted by Crippen LogP contribution is -2.33. The van der Waals surface area contributed by atoms with E-state index in [0.29, 0.717) is 13.2 Å². The maximum atomic E-state index is 11.6. The van der Waals surface area contributed by atoms with Crippen LogP contribution >= 0.6 is 0 Å². The molecule has 1 aromatic rings. The van der Waals surface area contributed by atoms with Crippen LogP contribution in [-0.4, -0.2) is 43.1 Å². The van der Waals surface area contributed by atoms with Crippen molar-refractivity contribution in [3.8, 4) is 0 Å². The number of likely N-dealkylation sites (N-methyl/N-ethyl adjacent to an activating group) is 1. The molecule has 5 heteroatoms. The Morgan fingerprint density at radius 1 is 1.29 bits per heavy atom. The summed E-state index contributed by atoms with van der Waals surface area (Å²) in [6.07, 6.45) is -0.108. The lowest BCUT2D eigenvalue weighted by atomic mass is 10.2. The van der Waals surface area contributed by atoms with E-state index in [1.54, 1.807) is 6.92 Å². The summed E-state index contributed by atoms with van der Waals surface area (Å²) in [7, 11) is 1.99. The third kappa shape index (κ3) is 6.90. The van der Waals surface area contributed by atoms with E-state index in [9.17, 15) is 4.79 Å². The first-order chi connectivity index (χ1) is 10.0. The number of hydrogen-bond acceptors (Lipinski definition) is 5. The average molecular weight is 292 g/mol. The van der Waals surface area contributed by atoms with Crippen molar-refractivity contribution in [1.29, 1.82) is 5.41 Å². The van der Waals surface area contributed by atoms with Gasteiger partial charge in [-0.15, -0.1) is 0 Å². The molecule has 0 heterocycles. The summed E-state index contributed by atoms with van der Waals surface area (Å²) in [5.74, 6) is -0.471. The van der Waals surface area contributed by atoms with Crippen LogP contribution in [0.2, 0.25) is 0 Å². The fraction of sp³-hybridized carbons (Fsp3) is 0.500. The molecule has 0 fully saturated rings. The normalized spacial score (nSPS) is 12.0. The molecular formula is C16H24N2O3. The Labute approximate surface area is 126 Å². The Morgan fingerprint density at radius 2 is 1.95 bits per heavy atom. The Bertz CT molecular complexity index is 448. The van der Waals surface area contributed by atoms with Gasteiger partial charge >= 0.3 is 5.97 Å². The number of benzene rings is 1. The highest BCUT2D eigenvalue weighted by molar-refractivity contribution is 5.92. The van der Waals surface area contributed by atoms with Crippen LogP contribution in [0.4, 0.5) is 0 Å². The molecule has 1 rings (SSSR count). The standard InChI is InChI=1S/C16H24N2O3/c1-4-20-15(17)10-16(19)21-12-13(2)18(3)11-14-8-6-5-7-9-14/h5-9,13,17H,4,10-12H2,1-3H3. The van der Waals surface area contributed by atoms with Gasteiger partial charge in [-0.05, 0) is 26.5 Å². The van der Waals surface area contributed by atoms with E-state index in [1.807, 2.05) is 32.2 Å². The Hall–Kier alpha value is -1.88. The van der Waals surface area contributed by atoms with Gasteiger partial charge < -0.3 is 9.47 Å². The number of carbonyl (C=O) groups is 1. The SMILES string of the molecule is CCOC(=N)CC(=O)OCC(C)N(C)Cc1ccccc1. The van der Waals surface area contributed by atoms with E-state index in [-0.39, 0.29) is 18.4 Å². The molecule has 116 valence electrons. The van der Waals surface area contributed by atoms with Crippen molar-refractivity contribution in [3.63, 3.8) is 0 Å². The molecule has 0 spiro atoms. The van der Waals surface area contributed by atoms with Crippen molar-refractivity contribution in [1.82, 2.24) is 4.90 Å². The van der Waals surface area contributed by atoms with Gasteiger partial charge in [0.2, 0.25) is 0 Å². The average Bonchev–Trinajstić information content (AvgIpc) is 2.46. The van der Waals surface area contributed by atoms with Crippen LogP contribution in [0.5, 0.6) is 0 Å². The molecule has 0 saturated heterocycles. The first-order valence-electron chi connectivity index (χ1n) is 7.13. The van der Waals surface area contributed by atoms with E-state index >= 15 is 0 Å². The van der Waals surface area contributed by atoms with Gasteiger partial charge in [-0.25, -0.2) is 0 Å². The van der Waals surface area contributed by atoms with Gasteiger partial charge in [-0.3, -0.25) is 15.1 Å². The number of hydrogen-bond donors (Lipinski definition) is 1. The number of esters is 1. The molecule has 0 aliphatic rings. The summed E-state index contributed by atoms with van der Waals surface area (Å²) in [4.78, 5) is 13.7. The van der Waals surface area contributed by atoms with Crippen LogP contribution in [0, 0.1) is 5.41 Å². The second-order valence-electron chi connectivity index (χ2n) is 4.97. The molecule has 5 nitrogen and oxygen atoms in total. The maximum Gasteiger partial charge on any atom is 0.315 e. The van der Waals surface area contributed by atoms with Gasteiger partial charge in [0.1, 0.15) is 13.0 Å². The fourth-order valence-corrected chi connectivity index (χ4v) is 1.78. The number of ether oxygens (including phenoxy) is 2. The summed E-state index contributed by atoms with van der Waals surface area (Å²) in [6.45, 7) is 5.28. The highest BCUT2D eigenvalue weighted by atomic mass is 16.5. The van der Waals surface area contributed by atoms with E-state index < -0.39 is 5.97 Å². The first kappa shape index (κ1) is 17.2. The Kier molecular flexibility index (Phi) is 7.46. The van der Waals surface area contributed by atoms with Crippen molar-refractivity contribution in [2.45, 2.75) is 32.9 Å². The van der Waals surface area contributed by atoms with Gasteiger partial charge in [0.15, 0.2) is 5.90 Å². The number of carbonyl (C=O) groups excluding carboxylic acids is 1. The summed E-state index contributed by atoms with van der Waals surface area (Å²) in [5.41, 5.74) is 1.22. The zero-order chi connectivity index (χ0) is 15.7. The van der Waals surface area contributed by atoms with Gasteiger partial charge in [0.05, 0.1) is 6.61 Å². The van der Waals surface area contributed by atoms with Crippen molar-refractivity contribution in [2.24, 2.45) is 0 Å². The van der Waals surface area contributed by atoms with Gasteiger partial charge in [-0.2, -0.15) is 0 Å². The van der Waals surface area contributed by atoms with Crippen LogP contribution < -0.4 is 0 Å². The lowest BCUT2D eigenvalue weighted by molar-refractivity contribution is -0.144. The zero-order valence-corrected chi connectivity index (χ0v) is 13.0. The summed E-state index contributed by atoms with van der Waals surface area (Å²) < 4.78 is 10.1. The van der Waals surface area contributed by atoms with E-state index in [4.69, 9.17) is 14.9 Å². The molecular weight excluding hydrogens is 268 g/mol. The van der Waals surface area contributed by atoms with Crippen molar-refractivity contribution < 1.29 is 14.3 Å². The molecule has 1 unspecified atom stereocenters.